The van der Waals surface area contributed by atoms with E-state index in [0.29, 0.717) is 11.4 Å². The highest BCUT2D eigenvalue weighted by Crippen LogP contribution is 2.18. The quantitative estimate of drug-likeness (QED) is 0.641. The van der Waals surface area contributed by atoms with Gasteiger partial charge in [0.25, 0.3) is 10.0 Å². The molecule has 4 nitrogen and oxygen atoms in total. The summed E-state index contributed by atoms with van der Waals surface area (Å²) in [4.78, 5) is 0.190. The Balaban J connectivity index is 2.30. The molecule has 2 aromatic rings. The van der Waals surface area contributed by atoms with Crippen molar-refractivity contribution in [3.8, 4) is 0 Å². The standard InChI is InChI=1S/C12H11IN2O2S/c13-9-2-1-3-11(8-9)15-18(16,17)12-6-4-10(14)5-7-12/h1-8,15H,14H2. The Morgan fingerprint density at radius 3 is 2.33 bits per heavy atom. The molecule has 0 radical (unpaired) electrons. The fourth-order valence-electron chi connectivity index (χ4n) is 1.41. The summed E-state index contributed by atoms with van der Waals surface area (Å²) in [7, 11) is -3.56. The van der Waals surface area contributed by atoms with Crippen LogP contribution in [0.5, 0.6) is 0 Å². The molecule has 0 heterocycles. The maximum atomic E-state index is 12.1. The summed E-state index contributed by atoms with van der Waals surface area (Å²) in [5, 5.41) is 0. The zero-order valence-corrected chi connectivity index (χ0v) is 12.3. The van der Waals surface area contributed by atoms with Crippen molar-refractivity contribution >= 4 is 44.0 Å². The molecule has 0 bridgehead atoms. The highest BCUT2D eigenvalue weighted by atomic mass is 127. The van der Waals surface area contributed by atoms with Crippen LogP contribution in [0, 0.1) is 3.57 Å². The molecule has 0 spiro atoms. The van der Waals surface area contributed by atoms with Crippen molar-refractivity contribution in [3.63, 3.8) is 0 Å². The third-order valence-corrected chi connectivity index (χ3v) is 4.34. The Bertz CT molecular complexity index is 654. The van der Waals surface area contributed by atoms with Crippen LogP contribution in [0.4, 0.5) is 11.4 Å². The minimum atomic E-state index is -3.56. The second kappa shape index (κ2) is 5.15. The van der Waals surface area contributed by atoms with Crippen LogP contribution < -0.4 is 10.5 Å². The molecule has 0 saturated carbocycles. The maximum absolute atomic E-state index is 12.1. The third kappa shape index (κ3) is 3.14. The minimum Gasteiger partial charge on any atom is -0.399 e. The summed E-state index contributed by atoms with van der Waals surface area (Å²) in [5.74, 6) is 0. The summed E-state index contributed by atoms with van der Waals surface area (Å²) in [6.07, 6.45) is 0. The van der Waals surface area contributed by atoms with E-state index in [-0.39, 0.29) is 4.90 Å². The van der Waals surface area contributed by atoms with Crippen molar-refractivity contribution in [2.75, 3.05) is 10.5 Å². The number of sulfonamides is 1. The number of rotatable bonds is 3. The van der Waals surface area contributed by atoms with Crippen LogP contribution in [-0.2, 0) is 10.0 Å². The summed E-state index contributed by atoms with van der Waals surface area (Å²) in [6, 6.07) is 13.2. The Kier molecular flexibility index (Phi) is 3.76. The molecular weight excluding hydrogens is 363 g/mol. The molecule has 0 aliphatic carbocycles. The van der Waals surface area contributed by atoms with Gasteiger partial charge in [-0.25, -0.2) is 8.42 Å². The molecule has 2 rings (SSSR count). The average molecular weight is 374 g/mol. The number of hydrogen-bond acceptors (Lipinski definition) is 3. The number of anilines is 2. The number of nitrogens with one attached hydrogen (secondary N) is 1. The lowest BCUT2D eigenvalue weighted by molar-refractivity contribution is 0.601. The summed E-state index contributed by atoms with van der Waals surface area (Å²) < 4.78 is 27.6. The molecule has 0 unspecified atom stereocenters. The molecule has 0 aromatic heterocycles. The molecule has 0 amide bonds. The molecular formula is C12H11IN2O2S. The molecule has 0 fully saturated rings. The van der Waals surface area contributed by atoms with Gasteiger partial charge in [0, 0.05) is 14.9 Å². The van der Waals surface area contributed by atoms with Crippen molar-refractivity contribution in [1.82, 2.24) is 0 Å². The lowest BCUT2D eigenvalue weighted by atomic mass is 10.3. The Morgan fingerprint density at radius 1 is 1.06 bits per heavy atom. The van der Waals surface area contributed by atoms with Gasteiger partial charge in [0.15, 0.2) is 0 Å². The van der Waals surface area contributed by atoms with Gasteiger partial charge in [0.2, 0.25) is 0 Å². The summed E-state index contributed by atoms with van der Waals surface area (Å²) >= 11 is 2.12. The minimum absolute atomic E-state index is 0.190. The lowest BCUT2D eigenvalue weighted by Crippen LogP contribution is -2.12. The smallest absolute Gasteiger partial charge is 0.261 e. The van der Waals surface area contributed by atoms with Crippen molar-refractivity contribution in [1.29, 1.82) is 0 Å². The van der Waals surface area contributed by atoms with Gasteiger partial charge in [-0.3, -0.25) is 4.72 Å². The highest BCUT2D eigenvalue weighted by Gasteiger charge is 2.13. The zero-order chi connectivity index (χ0) is 13.2. The van der Waals surface area contributed by atoms with Crippen molar-refractivity contribution in [2.45, 2.75) is 4.90 Å². The molecule has 6 heteroatoms. The van der Waals surface area contributed by atoms with E-state index in [0.717, 1.165) is 3.57 Å². The lowest BCUT2D eigenvalue weighted by Gasteiger charge is -2.08. The van der Waals surface area contributed by atoms with E-state index in [1.165, 1.54) is 12.1 Å². The number of benzene rings is 2. The van der Waals surface area contributed by atoms with Crippen molar-refractivity contribution < 1.29 is 8.42 Å². The Labute approximate surface area is 119 Å². The highest BCUT2D eigenvalue weighted by molar-refractivity contribution is 14.1. The molecule has 18 heavy (non-hydrogen) atoms. The Morgan fingerprint density at radius 2 is 1.72 bits per heavy atom. The number of hydrogen-bond donors (Lipinski definition) is 2. The van der Waals surface area contributed by atoms with Crippen LogP contribution >= 0.6 is 22.6 Å². The fraction of sp³-hybridized carbons (Fsp3) is 0. The molecule has 0 saturated heterocycles. The van der Waals surface area contributed by atoms with E-state index in [1.54, 1.807) is 30.3 Å². The van der Waals surface area contributed by atoms with Crippen LogP contribution in [0.2, 0.25) is 0 Å². The molecule has 0 atom stereocenters. The second-order valence-electron chi connectivity index (χ2n) is 3.68. The van der Waals surface area contributed by atoms with Crippen molar-refractivity contribution in [3.05, 3.63) is 52.1 Å². The first-order valence-electron chi connectivity index (χ1n) is 5.11. The van der Waals surface area contributed by atoms with Gasteiger partial charge in [-0.2, -0.15) is 0 Å². The molecule has 94 valence electrons. The molecule has 3 N–H and O–H groups in total. The first-order valence-corrected chi connectivity index (χ1v) is 7.67. The molecule has 0 aliphatic rings. The predicted molar refractivity (Wildman–Crippen MR) is 80.8 cm³/mol. The number of nitrogen functional groups attached to an aromatic ring is 1. The van der Waals surface area contributed by atoms with Gasteiger partial charge in [0.1, 0.15) is 0 Å². The predicted octanol–water partition coefficient (Wildman–Crippen LogP) is 2.67. The number of nitrogens with two attached hydrogens (primary N) is 1. The van der Waals surface area contributed by atoms with E-state index >= 15 is 0 Å². The van der Waals surface area contributed by atoms with E-state index in [2.05, 4.69) is 27.3 Å². The Hall–Kier alpha value is -1.28. The second-order valence-corrected chi connectivity index (χ2v) is 6.61. The summed E-state index contributed by atoms with van der Waals surface area (Å²) in [5.41, 5.74) is 6.60. The monoisotopic (exact) mass is 374 g/mol. The van der Waals surface area contributed by atoms with Gasteiger partial charge in [-0.05, 0) is 65.1 Å². The van der Waals surface area contributed by atoms with E-state index in [1.807, 2.05) is 6.07 Å². The van der Waals surface area contributed by atoms with Crippen LogP contribution in [0.3, 0.4) is 0 Å². The van der Waals surface area contributed by atoms with Crippen LogP contribution in [0.15, 0.2) is 53.4 Å². The maximum Gasteiger partial charge on any atom is 0.261 e. The van der Waals surface area contributed by atoms with E-state index < -0.39 is 10.0 Å². The molecule has 0 aliphatic heterocycles. The van der Waals surface area contributed by atoms with Gasteiger partial charge >= 0.3 is 0 Å². The van der Waals surface area contributed by atoms with Gasteiger partial charge in [-0.1, -0.05) is 6.07 Å². The largest absolute Gasteiger partial charge is 0.399 e. The van der Waals surface area contributed by atoms with E-state index in [4.69, 9.17) is 5.73 Å². The topological polar surface area (TPSA) is 72.2 Å². The zero-order valence-electron chi connectivity index (χ0n) is 9.30. The van der Waals surface area contributed by atoms with Crippen LogP contribution in [-0.4, -0.2) is 8.42 Å². The van der Waals surface area contributed by atoms with Crippen LogP contribution in [0.25, 0.3) is 0 Å². The third-order valence-electron chi connectivity index (χ3n) is 2.27. The normalized spacial score (nSPS) is 11.2. The van der Waals surface area contributed by atoms with Crippen LogP contribution in [0.1, 0.15) is 0 Å². The average Bonchev–Trinajstić information content (AvgIpc) is 2.29. The first kappa shape index (κ1) is 13.2. The van der Waals surface area contributed by atoms with E-state index in [9.17, 15) is 8.42 Å². The van der Waals surface area contributed by atoms with Gasteiger partial charge < -0.3 is 5.73 Å². The number of halogens is 1. The molecule has 2 aromatic carbocycles. The summed E-state index contributed by atoms with van der Waals surface area (Å²) in [6.45, 7) is 0. The SMILES string of the molecule is Nc1ccc(S(=O)(=O)Nc2cccc(I)c2)cc1. The van der Waals surface area contributed by atoms with Gasteiger partial charge in [0.05, 0.1) is 4.90 Å². The van der Waals surface area contributed by atoms with Crippen molar-refractivity contribution in [2.24, 2.45) is 0 Å². The fourth-order valence-corrected chi connectivity index (χ4v) is 3.01. The van der Waals surface area contributed by atoms with Gasteiger partial charge in [-0.15, -0.1) is 0 Å². The first-order chi connectivity index (χ1) is 8.47.